The minimum absolute atomic E-state index is 0.0316. The van der Waals surface area contributed by atoms with Gasteiger partial charge in [-0.25, -0.2) is 0 Å². The lowest BCUT2D eigenvalue weighted by Crippen LogP contribution is -2.50. The standard InChI is InChI=1S/C18H24N2O3/c21-15-8-11-19(12-9-15)18(23)16-7-4-10-20(16)17(22)13-14-5-2-1-3-6-14/h1-3,5-6,15-16,21H,4,7-13H2. The van der Waals surface area contributed by atoms with Crippen molar-refractivity contribution in [2.75, 3.05) is 19.6 Å². The van der Waals surface area contributed by atoms with Crippen LogP contribution >= 0.6 is 0 Å². The number of carbonyl (C=O) groups is 2. The molecule has 1 atom stereocenters. The average Bonchev–Trinajstić information content (AvgIpc) is 3.05. The molecule has 0 aliphatic carbocycles. The molecule has 0 bridgehead atoms. The lowest BCUT2D eigenvalue weighted by atomic mass is 10.1. The quantitative estimate of drug-likeness (QED) is 0.911. The van der Waals surface area contributed by atoms with Crippen molar-refractivity contribution < 1.29 is 14.7 Å². The molecule has 1 aromatic carbocycles. The third kappa shape index (κ3) is 3.72. The Morgan fingerprint density at radius 2 is 1.74 bits per heavy atom. The van der Waals surface area contributed by atoms with Gasteiger partial charge in [-0.3, -0.25) is 9.59 Å². The maximum absolute atomic E-state index is 12.7. The van der Waals surface area contributed by atoms with Gasteiger partial charge in [-0.2, -0.15) is 0 Å². The van der Waals surface area contributed by atoms with Crippen LogP contribution in [0, 0.1) is 0 Å². The Kier molecular flexibility index (Phi) is 4.96. The van der Waals surface area contributed by atoms with E-state index in [-0.39, 0.29) is 24.0 Å². The molecule has 0 radical (unpaired) electrons. The lowest BCUT2D eigenvalue weighted by Gasteiger charge is -2.34. The van der Waals surface area contributed by atoms with E-state index in [0.717, 1.165) is 18.4 Å². The van der Waals surface area contributed by atoms with E-state index < -0.39 is 0 Å². The number of benzene rings is 1. The molecule has 2 fully saturated rings. The Morgan fingerprint density at radius 1 is 1.04 bits per heavy atom. The summed E-state index contributed by atoms with van der Waals surface area (Å²) in [4.78, 5) is 28.9. The van der Waals surface area contributed by atoms with Crippen molar-refractivity contribution in [1.82, 2.24) is 9.80 Å². The summed E-state index contributed by atoms with van der Waals surface area (Å²) < 4.78 is 0. The van der Waals surface area contributed by atoms with E-state index in [9.17, 15) is 14.7 Å². The average molecular weight is 316 g/mol. The van der Waals surface area contributed by atoms with Crippen LogP contribution in [0.3, 0.4) is 0 Å². The third-order valence-corrected chi connectivity index (χ3v) is 4.83. The first-order chi connectivity index (χ1) is 11.1. The summed E-state index contributed by atoms with van der Waals surface area (Å²) in [5, 5.41) is 9.58. The van der Waals surface area contributed by atoms with E-state index in [0.29, 0.717) is 38.9 Å². The lowest BCUT2D eigenvalue weighted by molar-refractivity contribution is -0.144. The number of likely N-dealkylation sites (tertiary alicyclic amines) is 2. The molecule has 5 heteroatoms. The van der Waals surface area contributed by atoms with E-state index in [2.05, 4.69) is 0 Å². The van der Waals surface area contributed by atoms with Gasteiger partial charge in [0.2, 0.25) is 11.8 Å². The fraction of sp³-hybridized carbons (Fsp3) is 0.556. The zero-order valence-electron chi connectivity index (χ0n) is 13.4. The Balaban J connectivity index is 1.63. The molecular formula is C18H24N2O3. The summed E-state index contributed by atoms with van der Waals surface area (Å²) in [5.41, 5.74) is 0.983. The molecule has 2 saturated heterocycles. The first-order valence-electron chi connectivity index (χ1n) is 8.45. The highest BCUT2D eigenvalue weighted by Crippen LogP contribution is 2.22. The zero-order chi connectivity index (χ0) is 16.2. The first kappa shape index (κ1) is 16.0. The number of rotatable bonds is 3. The van der Waals surface area contributed by atoms with Gasteiger partial charge in [0.15, 0.2) is 0 Å². The number of amides is 2. The Bertz CT molecular complexity index is 553. The molecule has 2 aliphatic heterocycles. The third-order valence-electron chi connectivity index (χ3n) is 4.83. The zero-order valence-corrected chi connectivity index (χ0v) is 13.4. The minimum atomic E-state index is -0.318. The van der Waals surface area contributed by atoms with Crippen molar-refractivity contribution in [1.29, 1.82) is 0 Å². The summed E-state index contributed by atoms with van der Waals surface area (Å²) in [6.45, 7) is 1.85. The Morgan fingerprint density at radius 3 is 2.43 bits per heavy atom. The van der Waals surface area contributed by atoms with Crippen LogP contribution in [0.25, 0.3) is 0 Å². The second-order valence-corrected chi connectivity index (χ2v) is 6.46. The topological polar surface area (TPSA) is 60.9 Å². The molecule has 2 heterocycles. The molecular weight excluding hydrogens is 292 g/mol. The molecule has 23 heavy (non-hydrogen) atoms. The first-order valence-corrected chi connectivity index (χ1v) is 8.45. The minimum Gasteiger partial charge on any atom is -0.393 e. The van der Waals surface area contributed by atoms with Crippen molar-refractivity contribution in [3.05, 3.63) is 35.9 Å². The Labute approximate surface area is 136 Å². The molecule has 5 nitrogen and oxygen atoms in total. The highest BCUT2D eigenvalue weighted by molar-refractivity contribution is 5.89. The monoisotopic (exact) mass is 316 g/mol. The van der Waals surface area contributed by atoms with Gasteiger partial charge >= 0.3 is 0 Å². The molecule has 0 spiro atoms. The molecule has 1 aromatic rings. The number of hydrogen-bond acceptors (Lipinski definition) is 3. The summed E-state index contributed by atoms with van der Waals surface area (Å²) in [6.07, 6.45) is 2.96. The van der Waals surface area contributed by atoms with Crippen LogP contribution in [0.2, 0.25) is 0 Å². The van der Waals surface area contributed by atoms with Gasteiger partial charge < -0.3 is 14.9 Å². The molecule has 124 valence electrons. The van der Waals surface area contributed by atoms with Crippen LogP contribution in [-0.2, 0) is 16.0 Å². The summed E-state index contributed by atoms with van der Waals surface area (Å²) in [5.74, 6) is 0.0832. The van der Waals surface area contributed by atoms with Crippen LogP contribution < -0.4 is 0 Å². The second-order valence-electron chi connectivity index (χ2n) is 6.46. The van der Waals surface area contributed by atoms with Crippen LogP contribution in [0.4, 0.5) is 0 Å². The molecule has 1 unspecified atom stereocenters. The SMILES string of the molecule is O=C(C1CCCN1C(=O)Cc1ccccc1)N1CCC(O)CC1. The summed E-state index contributed by atoms with van der Waals surface area (Å²) >= 11 is 0. The fourth-order valence-corrected chi connectivity index (χ4v) is 3.49. The number of nitrogens with zero attached hydrogens (tertiary/aromatic N) is 2. The molecule has 1 N–H and O–H groups in total. The maximum Gasteiger partial charge on any atom is 0.245 e. The van der Waals surface area contributed by atoms with E-state index in [1.807, 2.05) is 35.2 Å². The number of carbonyl (C=O) groups excluding carboxylic acids is 2. The summed E-state index contributed by atoms with van der Waals surface area (Å²) in [7, 11) is 0. The smallest absolute Gasteiger partial charge is 0.245 e. The van der Waals surface area contributed by atoms with Crippen LogP contribution in [0.1, 0.15) is 31.2 Å². The molecule has 2 amide bonds. The van der Waals surface area contributed by atoms with Gasteiger partial charge in [-0.15, -0.1) is 0 Å². The van der Waals surface area contributed by atoms with Crippen molar-refractivity contribution >= 4 is 11.8 Å². The maximum atomic E-state index is 12.7. The highest BCUT2D eigenvalue weighted by Gasteiger charge is 2.37. The predicted octanol–water partition coefficient (Wildman–Crippen LogP) is 1.20. The second kappa shape index (κ2) is 7.13. The Hall–Kier alpha value is -1.88. The van der Waals surface area contributed by atoms with Crippen molar-refractivity contribution in [3.63, 3.8) is 0 Å². The molecule has 0 saturated carbocycles. The number of aliphatic hydroxyl groups is 1. The predicted molar refractivity (Wildman–Crippen MR) is 86.7 cm³/mol. The highest BCUT2D eigenvalue weighted by atomic mass is 16.3. The number of hydrogen-bond donors (Lipinski definition) is 1. The van der Waals surface area contributed by atoms with E-state index >= 15 is 0 Å². The normalized spacial score (nSPS) is 22.4. The largest absolute Gasteiger partial charge is 0.393 e. The molecule has 0 aromatic heterocycles. The van der Waals surface area contributed by atoms with Crippen molar-refractivity contribution in [3.8, 4) is 0 Å². The summed E-state index contributed by atoms with van der Waals surface area (Å²) in [6, 6.07) is 9.35. The van der Waals surface area contributed by atoms with Crippen molar-refractivity contribution in [2.45, 2.75) is 44.2 Å². The van der Waals surface area contributed by atoms with E-state index in [1.165, 1.54) is 0 Å². The van der Waals surface area contributed by atoms with E-state index in [1.54, 1.807) is 4.90 Å². The number of piperidine rings is 1. The van der Waals surface area contributed by atoms with Gasteiger partial charge in [0.05, 0.1) is 12.5 Å². The van der Waals surface area contributed by atoms with Gasteiger partial charge in [0.25, 0.3) is 0 Å². The molecule has 3 rings (SSSR count). The van der Waals surface area contributed by atoms with Crippen molar-refractivity contribution in [2.24, 2.45) is 0 Å². The van der Waals surface area contributed by atoms with Crippen LogP contribution in [0.15, 0.2) is 30.3 Å². The van der Waals surface area contributed by atoms with Gasteiger partial charge in [0.1, 0.15) is 6.04 Å². The fourth-order valence-electron chi connectivity index (χ4n) is 3.49. The van der Waals surface area contributed by atoms with Crippen LogP contribution in [0.5, 0.6) is 0 Å². The van der Waals surface area contributed by atoms with Crippen LogP contribution in [-0.4, -0.2) is 58.5 Å². The molecule has 2 aliphatic rings. The van der Waals surface area contributed by atoms with E-state index in [4.69, 9.17) is 0 Å². The van der Waals surface area contributed by atoms with Gasteiger partial charge in [0, 0.05) is 19.6 Å². The van der Waals surface area contributed by atoms with Gasteiger partial charge in [-0.05, 0) is 31.2 Å². The van der Waals surface area contributed by atoms with Gasteiger partial charge in [-0.1, -0.05) is 30.3 Å². The number of aliphatic hydroxyl groups excluding tert-OH is 1.